The molecule has 0 radical (unpaired) electrons. The molecule has 232 valence electrons. The number of nitrogens with zero attached hydrogens (tertiary/aromatic N) is 4. The molecule has 0 bridgehead atoms. The SMILES string of the molecule is COC(=O)C[C@@H](c1oc(CN2CCN(c3ccc(OC)cc3)CC2)cc(=O)c1O)c1c(C)nn([C@@H]2CCS(=O)(=O)C2)c1C. The van der Waals surface area contributed by atoms with Crippen molar-refractivity contribution in [2.24, 2.45) is 0 Å². The summed E-state index contributed by atoms with van der Waals surface area (Å²) in [5.74, 6) is -0.779. The first-order valence-electron chi connectivity index (χ1n) is 14.3. The summed E-state index contributed by atoms with van der Waals surface area (Å²) in [6, 6.07) is 8.87. The van der Waals surface area contributed by atoms with E-state index in [1.807, 2.05) is 24.3 Å². The Bertz CT molecular complexity index is 1640. The summed E-state index contributed by atoms with van der Waals surface area (Å²) in [6.07, 6.45) is 0.236. The number of methoxy groups -OCH3 is 2. The van der Waals surface area contributed by atoms with E-state index in [4.69, 9.17) is 13.9 Å². The first-order chi connectivity index (χ1) is 20.5. The molecule has 0 amide bonds. The third-order valence-electron chi connectivity index (χ3n) is 8.39. The van der Waals surface area contributed by atoms with Crippen molar-refractivity contribution in [2.75, 3.05) is 56.8 Å². The minimum Gasteiger partial charge on any atom is -0.502 e. The normalized spacial score (nSPS) is 19.3. The zero-order valence-electron chi connectivity index (χ0n) is 24.9. The number of sulfone groups is 1. The van der Waals surface area contributed by atoms with Gasteiger partial charge in [-0.25, -0.2) is 8.42 Å². The summed E-state index contributed by atoms with van der Waals surface area (Å²) in [6.45, 7) is 6.92. The minimum absolute atomic E-state index is 0.0163. The Morgan fingerprint density at radius 1 is 1.14 bits per heavy atom. The largest absolute Gasteiger partial charge is 0.502 e. The van der Waals surface area contributed by atoms with Crippen LogP contribution < -0.4 is 15.1 Å². The third kappa shape index (κ3) is 6.57. The average Bonchev–Trinajstić information content (AvgIpc) is 3.50. The molecule has 1 N–H and O–H groups in total. The van der Waals surface area contributed by atoms with Gasteiger partial charge < -0.3 is 23.9 Å². The maximum atomic E-state index is 13.0. The van der Waals surface area contributed by atoms with Crippen LogP contribution in [0.5, 0.6) is 11.5 Å². The number of piperazine rings is 1. The lowest BCUT2D eigenvalue weighted by atomic mass is 9.90. The quantitative estimate of drug-likeness (QED) is 0.355. The van der Waals surface area contributed by atoms with Gasteiger partial charge >= 0.3 is 5.97 Å². The zero-order valence-corrected chi connectivity index (χ0v) is 25.7. The fraction of sp³-hybridized carbons (Fsp3) is 0.500. The van der Waals surface area contributed by atoms with Crippen LogP contribution in [-0.2, 0) is 25.9 Å². The topological polar surface area (TPSA) is 144 Å². The molecule has 2 aliphatic heterocycles. The van der Waals surface area contributed by atoms with Crippen LogP contribution in [0.25, 0.3) is 0 Å². The molecule has 2 saturated heterocycles. The van der Waals surface area contributed by atoms with Crippen LogP contribution in [0.15, 0.2) is 39.5 Å². The van der Waals surface area contributed by atoms with Crippen LogP contribution in [0.1, 0.15) is 53.3 Å². The number of ether oxygens (including phenoxy) is 2. The lowest BCUT2D eigenvalue weighted by Gasteiger charge is -2.36. The van der Waals surface area contributed by atoms with Gasteiger partial charge in [-0.05, 0) is 44.5 Å². The number of carbonyl (C=O) groups excluding carboxylic acids is 1. The molecule has 2 fully saturated rings. The van der Waals surface area contributed by atoms with Gasteiger partial charge in [0.25, 0.3) is 0 Å². The molecule has 0 unspecified atom stereocenters. The monoisotopic (exact) mass is 614 g/mol. The number of aromatic hydroxyl groups is 1. The van der Waals surface area contributed by atoms with E-state index in [1.54, 1.807) is 25.6 Å². The van der Waals surface area contributed by atoms with Crippen molar-refractivity contribution >= 4 is 21.5 Å². The lowest BCUT2D eigenvalue weighted by Crippen LogP contribution is -2.46. The molecule has 3 aromatic rings. The first-order valence-corrected chi connectivity index (χ1v) is 16.1. The van der Waals surface area contributed by atoms with E-state index < -0.39 is 32.9 Å². The maximum absolute atomic E-state index is 13.0. The fourth-order valence-electron chi connectivity index (χ4n) is 6.13. The Kier molecular flexibility index (Phi) is 8.84. The Morgan fingerprint density at radius 2 is 1.84 bits per heavy atom. The summed E-state index contributed by atoms with van der Waals surface area (Å²) in [5, 5.41) is 15.5. The number of hydrogen-bond acceptors (Lipinski definition) is 11. The van der Waals surface area contributed by atoms with Crippen molar-refractivity contribution in [3.63, 3.8) is 0 Å². The number of carbonyl (C=O) groups is 1. The van der Waals surface area contributed by atoms with Gasteiger partial charge in [0.15, 0.2) is 15.6 Å². The second-order valence-electron chi connectivity index (χ2n) is 11.2. The predicted octanol–water partition coefficient (Wildman–Crippen LogP) is 2.54. The van der Waals surface area contributed by atoms with Crippen LogP contribution in [0.2, 0.25) is 0 Å². The van der Waals surface area contributed by atoms with E-state index in [9.17, 15) is 23.1 Å². The highest BCUT2D eigenvalue weighted by Gasteiger charge is 2.35. The summed E-state index contributed by atoms with van der Waals surface area (Å²) in [5.41, 5.74) is 2.30. The van der Waals surface area contributed by atoms with E-state index >= 15 is 0 Å². The molecule has 12 nitrogen and oxygen atoms in total. The van der Waals surface area contributed by atoms with Gasteiger partial charge in [-0.2, -0.15) is 5.10 Å². The number of esters is 1. The molecule has 1 aromatic carbocycles. The second-order valence-corrected chi connectivity index (χ2v) is 13.4. The van der Waals surface area contributed by atoms with Crippen molar-refractivity contribution < 1.29 is 32.2 Å². The van der Waals surface area contributed by atoms with Crippen LogP contribution in [-0.4, -0.2) is 86.1 Å². The van der Waals surface area contributed by atoms with Gasteiger partial charge in [0, 0.05) is 49.2 Å². The number of hydrogen-bond donors (Lipinski definition) is 1. The molecule has 2 aliphatic rings. The molecule has 0 saturated carbocycles. The minimum atomic E-state index is -3.16. The van der Waals surface area contributed by atoms with E-state index in [1.165, 1.54) is 13.2 Å². The third-order valence-corrected chi connectivity index (χ3v) is 10.1. The van der Waals surface area contributed by atoms with E-state index in [0.29, 0.717) is 35.7 Å². The molecular weight excluding hydrogens is 576 g/mol. The van der Waals surface area contributed by atoms with Gasteiger partial charge in [0.2, 0.25) is 11.2 Å². The molecular formula is C30H38N4O8S. The molecule has 43 heavy (non-hydrogen) atoms. The Balaban J connectivity index is 1.41. The first kappa shape index (κ1) is 30.6. The van der Waals surface area contributed by atoms with E-state index in [-0.39, 0.29) is 29.7 Å². The number of aryl methyl sites for hydroxylation is 1. The van der Waals surface area contributed by atoms with Crippen LogP contribution >= 0.6 is 0 Å². The molecule has 13 heteroatoms. The maximum Gasteiger partial charge on any atom is 0.306 e. The summed E-state index contributed by atoms with van der Waals surface area (Å²) in [4.78, 5) is 30.0. The van der Waals surface area contributed by atoms with E-state index in [0.717, 1.165) is 37.6 Å². The van der Waals surface area contributed by atoms with Crippen molar-refractivity contribution in [2.45, 2.75) is 45.2 Å². The standard InChI is InChI=1S/C30H38N4O8S/c1-19-28(20(2)34(31-19)22-9-14-43(38,39)18-22)25(16-27(36)41-4)30-29(37)26(35)15-24(42-30)17-32-10-12-33(13-11-32)21-5-7-23(40-3)8-6-21/h5-8,15,22,25,37H,9-14,16-18H2,1-4H3/t22-,25-/m1/s1. The summed E-state index contributed by atoms with van der Waals surface area (Å²) < 4.78 is 42.4. The van der Waals surface area contributed by atoms with Crippen molar-refractivity contribution in [1.82, 2.24) is 14.7 Å². The average molecular weight is 615 g/mol. The predicted molar refractivity (Wildman–Crippen MR) is 160 cm³/mol. The Hall–Kier alpha value is -3.84. The number of benzene rings is 1. The summed E-state index contributed by atoms with van der Waals surface area (Å²) >= 11 is 0. The molecule has 5 rings (SSSR count). The highest BCUT2D eigenvalue weighted by molar-refractivity contribution is 7.91. The molecule has 4 heterocycles. The number of aromatic nitrogens is 2. The Morgan fingerprint density at radius 3 is 2.44 bits per heavy atom. The van der Waals surface area contributed by atoms with Gasteiger partial charge in [0.1, 0.15) is 11.5 Å². The van der Waals surface area contributed by atoms with Gasteiger partial charge in [0.05, 0.1) is 56.3 Å². The van der Waals surface area contributed by atoms with Gasteiger partial charge in [-0.3, -0.25) is 19.2 Å². The second kappa shape index (κ2) is 12.4. The van der Waals surface area contributed by atoms with Crippen molar-refractivity contribution in [3.8, 4) is 11.5 Å². The molecule has 0 aliphatic carbocycles. The number of anilines is 1. The molecule has 0 spiro atoms. The fourth-order valence-corrected chi connectivity index (χ4v) is 7.82. The summed E-state index contributed by atoms with van der Waals surface area (Å²) in [7, 11) is -0.256. The van der Waals surface area contributed by atoms with E-state index in [2.05, 4.69) is 14.9 Å². The van der Waals surface area contributed by atoms with Crippen LogP contribution in [0.4, 0.5) is 5.69 Å². The van der Waals surface area contributed by atoms with Crippen LogP contribution in [0, 0.1) is 13.8 Å². The van der Waals surface area contributed by atoms with Crippen LogP contribution in [0.3, 0.4) is 0 Å². The highest BCUT2D eigenvalue weighted by atomic mass is 32.2. The zero-order chi connectivity index (χ0) is 30.9. The van der Waals surface area contributed by atoms with Gasteiger partial charge in [-0.1, -0.05) is 0 Å². The Labute approximate surface area is 250 Å². The number of rotatable bonds is 9. The van der Waals surface area contributed by atoms with Crippen molar-refractivity contribution in [3.05, 3.63) is 69.0 Å². The lowest BCUT2D eigenvalue weighted by molar-refractivity contribution is -0.140. The molecule has 2 aromatic heterocycles. The smallest absolute Gasteiger partial charge is 0.306 e. The molecule has 2 atom stereocenters. The van der Waals surface area contributed by atoms with Crippen molar-refractivity contribution in [1.29, 1.82) is 0 Å². The highest BCUT2D eigenvalue weighted by Crippen LogP contribution is 2.38. The van der Waals surface area contributed by atoms with Gasteiger partial charge in [-0.15, -0.1) is 0 Å².